The van der Waals surface area contributed by atoms with Crippen molar-refractivity contribution < 1.29 is 4.79 Å². The third kappa shape index (κ3) is 2.29. The molecule has 0 N–H and O–H groups in total. The lowest BCUT2D eigenvalue weighted by Gasteiger charge is -2.55. The van der Waals surface area contributed by atoms with Gasteiger partial charge in [-0.3, -0.25) is 4.79 Å². The van der Waals surface area contributed by atoms with Gasteiger partial charge in [-0.15, -0.1) is 0 Å². The first-order valence-electron chi connectivity index (χ1n) is 8.55. The molecule has 1 heterocycles. The molecule has 0 aromatic heterocycles. The third-order valence-electron chi connectivity index (χ3n) is 5.20. The van der Waals surface area contributed by atoms with Crippen LogP contribution in [0.25, 0.3) is 4.98 Å². The summed E-state index contributed by atoms with van der Waals surface area (Å²) in [5.74, 6) is 0.0613. The molecule has 2 atom stereocenters. The van der Waals surface area contributed by atoms with Crippen molar-refractivity contribution in [3.8, 4) is 0 Å². The van der Waals surface area contributed by atoms with Crippen LogP contribution in [0.2, 0.25) is 0 Å². The molecule has 4 nitrogen and oxygen atoms in total. The number of anilines is 1. The highest BCUT2D eigenvalue weighted by atomic mass is 16.2. The number of carbonyl (C=O) groups is 1. The average Bonchev–Trinajstić information content (AvgIpc) is 2.72. The van der Waals surface area contributed by atoms with Crippen LogP contribution in [0.4, 0.5) is 11.4 Å². The largest absolute Gasteiger partial charge is 0.385 e. The maximum Gasteiger partial charge on any atom is 0.385 e. The fraction of sp³-hybridized carbons (Fsp3) is 0.136. The first-order chi connectivity index (χ1) is 12.7. The maximum absolute atomic E-state index is 13.3. The molecule has 1 aliphatic rings. The lowest BCUT2D eigenvalue weighted by molar-refractivity contribution is -0.132. The van der Waals surface area contributed by atoms with Gasteiger partial charge in [-0.1, -0.05) is 48.5 Å². The lowest BCUT2D eigenvalue weighted by Crippen LogP contribution is -2.65. The van der Waals surface area contributed by atoms with E-state index < -0.39 is 5.41 Å². The summed E-state index contributed by atoms with van der Waals surface area (Å²) in [6.07, 6.45) is 0. The molecule has 4 rings (SSSR count). The van der Waals surface area contributed by atoms with Gasteiger partial charge in [0.15, 0.2) is 4.98 Å². The quantitative estimate of drug-likeness (QED) is 0.485. The molecule has 3 aromatic carbocycles. The van der Waals surface area contributed by atoms with Gasteiger partial charge in [0.05, 0.1) is 11.5 Å². The highest BCUT2D eigenvalue weighted by molar-refractivity contribution is 6.09. The Bertz CT molecular complexity index is 977. The molecule has 0 bridgehead atoms. The first kappa shape index (κ1) is 16.0. The highest BCUT2D eigenvalue weighted by Gasteiger charge is 2.59. The molecule has 1 saturated heterocycles. The minimum Gasteiger partial charge on any atom is -0.303 e. The van der Waals surface area contributed by atoms with Gasteiger partial charge < -0.3 is 4.90 Å². The predicted octanol–water partition coefficient (Wildman–Crippen LogP) is 5.22. The van der Waals surface area contributed by atoms with Crippen LogP contribution in [0, 0.1) is 5.39 Å². The van der Waals surface area contributed by atoms with Crippen molar-refractivity contribution in [1.29, 1.82) is 5.39 Å². The molecule has 3 aromatic rings. The van der Waals surface area contributed by atoms with Gasteiger partial charge in [0, 0.05) is 17.8 Å². The van der Waals surface area contributed by atoms with E-state index in [1.165, 1.54) is 0 Å². The number of para-hydroxylation sites is 1. The van der Waals surface area contributed by atoms with Crippen LogP contribution in [-0.4, -0.2) is 5.91 Å². The second-order valence-electron chi connectivity index (χ2n) is 6.67. The molecule has 0 radical (unpaired) electrons. The Morgan fingerprint density at radius 3 is 2.04 bits per heavy atom. The van der Waals surface area contributed by atoms with Crippen molar-refractivity contribution in [1.82, 2.24) is 0 Å². The van der Waals surface area contributed by atoms with Gasteiger partial charge in [0.2, 0.25) is 11.3 Å². The number of carbonyl (C=O) groups excluding carboxylic acids is 1. The van der Waals surface area contributed by atoms with Gasteiger partial charge in [-0.25, -0.2) is 0 Å². The zero-order valence-electron chi connectivity index (χ0n) is 14.4. The van der Waals surface area contributed by atoms with E-state index in [0.29, 0.717) is 5.69 Å². The molecule has 1 aliphatic heterocycles. The summed E-state index contributed by atoms with van der Waals surface area (Å²) in [4.78, 5) is 18.3. The summed E-state index contributed by atoms with van der Waals surface area (Å²) in [7, 11) is 0. The SMILES string of the molecule is C[C@]1(c2ccc([N+]#N)cc2)C(=O)N(c2ccccc2)[C@@H]1c1ccccc1. The standard InChI is InChI=1S/C22H18N3O/c1-22(17-12-14-18(24-23)15-13-17)20(16-8-4-2-5-9-16)25(21(22)26)19-10-6-3-7-11-19/h2-15,20H,1H3/q+1/t20-,22-/m1/s1. The summed E-state index contributed by atoms with van der Waals surface area (Å²) in [6.45, 7) is 1.98. The molecule has 26 heavy (non-hydrogen) atoms. The molecule has 4 heteroatoms. The van der Waals surface area contributed by atoms with E-state index in [2.05, 4.69) is 17.1 Å². The number of amides is 1. The number of β-lactam (4-membered cyclic amide) rings is 1. The van der Waals surface area contributed by atoms with Crippen molar-refractivity contribution in [3.63, 3.8) is 0 Å². The number of nitrogens with zero attached hydrogens (tertiary/aromatic N) is 3. The minimum atomic E-state index is -0.675. The van der Waals surface area contributed by atoms with E-state index in [1.54, 1.807) is 12.1 Å². The fourth-order valence-corrected chi connectivity index (χ4v) is 3.80. The molecule has 0 unspecified atom stereocenters. The molecular formula is C22H18N3O+. The van der Waals surface area contributed by atoms with Crippen molar-refractivity contribution in [3.05, 3.63) is 101 Å². The molecule has 1 fully saturated rings. The topological polar surface area (TPSA) is 48.5 Å². The summed E-state index contributed by atoms with van der Waals surface area (Å²) in [6, 6.07) is 26.9. The Hall–Kier alpha value is -3.45. The van der Waals surface area contributed by atoms with Crippen molar-refractivity contribution >= 4 is 17.3 Å². The van der Waals surface area contributed by atoms with E-state index in [-0.39, 0.29) is 11.9 Å². The number of hydrogen-bond acceptors (Lipinski definition) is 2. The van der Waals surface area contributed by atoms with Gasteiger partial charge >= 0.3 is 5.69 Å². The number of rotatable bonds is 3. The summed E-state index contributed by atoms with van der Waals surface area (Å²) in [5.41, 5.74) is 2.70. The minimum absolute atomic E-state index is 0.0613. The van der Waals surface area contributed by atoms with Crippen molar-refractivity contribution in [2.24, 2.45) is 0 Å². The predicted molar refractivity (Wildman–Crippen MR) is 102 cm³/mol. The zero-order chi connectivity index (χ0) is 18.1. The van der Waals surface area contributed by atoms with Crippen molar-refractivity contribution in [2.45, 2.75) is 18.4 Å². The summed E-state index contributed by atoms with van der Waals surface area (Å²) in [5, 5.41) is 8.93. The van der Waals surface area contributed by atoms with Crippen LogP contribution < -0.4 is 4.90 Å². The van der Waals surface area contributed by atoms with Crippen molar-refractivity contribution in [2.75, 3.05) is 4.90 Å². The van der Waals surface area contributed by atoms with Crippen LogP contribution in [-0.2, 0) is 10.2 Å². The molecule has 0 aliphatic carbocycles. The fourth-order valence-electron chi connectivity index (χ4n) is 3.80. The first-order valence-corrected chi connectivity index (χ1v) is 8.55. The van der Waals surface area contributed by atoms with E-state index in [9.17, 15) is 4.79 Å². The molecule has 126 valence electrons. The van der Waals surface area contributed by atoms with E-state index in [4.69, 9.17) is 5.39 Å². The maximum atomic E-state index is 13.3. The van der Waals surface area contributed by atoms with Gasteiger partial charge in [-0.2, -0.15) is 0 Å². The van der Waals surface area contributed by atoms with E-state index >= 15 is 0 Å². The van der Waals surface area contributed by atoms with Gasteiger partial charge in [-0.05, 0) is 42.3 Å². The Kier molecular flexibility index (Phi) is 3.78. The summed E-state index contributed by atoms with van der Waals surface area (Å²) < 4.78 is 0. The number of hydrogen-bond donors (Lipinski definition) is 0. The van der Waals surface area contributed by atoms with Crippen LogP contribution in [0.3, 0.4) is 0 Å². The number of benzene rings is 3. The van der Waals surface area contributed by atoms with Crippen LogP contribution in [0.5, 0.6) is 0 Å². The van der Waals surface area contributed by atoms with Gasteiger partial charge in [0.25, 0.3) is 0 Å². The second-order valence-corrected chi connectivity index (χ2v) is 6.67. The molecular weight excluding hydrogens is 322 g/mol. The second kappa shape index (κ2) is 6.12. The normalized spacial score (nSPS) is 21.8. The highest BCUT2D eigenvalue weighted by Crippen LogP contribution is 2.53. The molecule has 1 amide bonds. The molecule has 0 spiro atoms. The lowest BCUT2D eigenvalue weighted by atomic mass is 9.64. The van der Waals surface area contributed by atoms with E-state index in [0.717, 1.165) is 16.8 Å². The number of diazo groups is 1. The third-order valence-corrected chi connectivity index (χ3v) is 5.20. The smallest absolute Gasteiger partial charge is 0.303 e. The van der Waals surface area contributed by atoms with Crippen LogP contribution >= 0.6 is 0 Å². The van der Waals surface area contributed by atoms with Crippen LogP contribution in [0.1, 0.15) is 24.1 Å². The van der Waals surface area contributed by atoms with Crippen LogP contribution in [0.15, 0.2) is 84.9 Å². The zero-order valence-corrected chi connectivity index (χ0v) is 14.4. The monoisotopic (exact) mass is 340 g/mol. The summed E-state index contributed by atoms with van der Waals surface area (Å²) >= 11 is 0. The Labute approximate surface area is 152 Å². The Balaban J connectivity index is 1.83. The van der Waals surface area contributed by atoms with E-state index in [1.807, 2.05) is 72.5 Å². The Morgan fingerprint density at radius 1 is 0.885 bits per heavy atom. The van der Waals surface area contributed by atoms with Gasteiger partial charge in [0.1, 0.15) is 0 Å². The molecule has 0 saturated carbocycles. The average molecular weight is 340 g/mol. The Morgan fingerprint density at radius 2 is 1.46 bits per heavy atom.